The molecule has 1 aliphatic rings. The van der Waals surface area contributed by atoms with Crippen molar-refractivity contribution in [1.29, 1.82) is 0 Å². The Kier molecular flexibility index (Phi) is 5.77. The molecular formula is C17H23N3OS. The van der Waals surface area contributed by atoms with Crippen molar-refractivity contribution in [2.45, 2.75) is 40.0 Å². The average Bonchev–Trinajstić information content (AvgIpc) is 2.87. The molecule has 1 aromatic rings. The largest absolute Gasteiger partial charge is 0.273 e. The van der Waals surface area contributed by atoms with Gasteiger partial charge in [0, 0.05) is 6.21 Å². The summed E-state index contributed by atoms with van der Waals surface area (Å²) in [6, 6.07) is 8.07. The summed E-state index contributed by atoms with van der Waals surface area (Å²) in [4.78, 5) is 14.0. The maximum Gasteiger partial charge on any atom is 0.243 e. The molecule has 1 unspecified atom stereocenters. The zero-order chi connectivity index (χ0) is 16.1. The van der Waals surface area contributed by atoms with E-state index in [1.807, 2.05) is 32.0 Å². The first kappa shape index (κ1) is 16.7. The molecule has 1 aliphatic heterocycles. The van der Waals surface area contributed by atoms with Crippen LogP contribution >= 0.6 is 11.8 Å². The van der Waals surface area contributed by atoms with Crippen molar-refractivity contribution in [2.75, 3.05) is 10.7 Å². The average molecular weight is 317 g/mol. The molecule has 118 valence electrons. The van der Waals surface area contributed by atoms with Gasteiger partial charge < -0.3 is 0 Å². The van der Waals surface area contributed by atoms with Crippen LogP contribution in [-0.4, -0.2) is 23.0 Å². The van der Waals surface area contributed by atoms with Gasteiger partial charge >= 0.3 is 0 Å². The van der Waals surface area contributed by atoms with Crippen molar-refractivity contribution in [1.82, 2.24) is 0 Å². The van der Waals surface area contributed by atoms with Gasteiger partial charge in [0.15, 0.2) is 5.17 Å². The van der Waals surface area contributed by atoms with Crippen LogP contribution in [0.3, 0.4) is 0 Å². The normalized spacial score (nSPS) is 18.9. The van der Waals surface area contributed by atoms with Gasteiger partial charge in [0.25, 0.3) is 0 Å². The third kappa shape index (κ3) is 3.77. The van der Waals surface area contributed by atoms with Crippen molar-refractivity contribution >= 4 is 34.7 Å². The predicted molar refractivity (Wildman–Crippen MR) is 95.9 cm³/mol. The van der Waals surface area contributed by atoms with Crippen LogP contribution in [0.15, 0.2) is 34.5 Å². The molecular weight excluding hydrogens is 294 g/mol. The van der Waals surface area contributed by atoms with E-state index in [1.54, 1.807) is 11.1 Å². The van der Waals surface area contributed by atoms with Gasteiger partial charge in [-0.2, -0.15) is 5.10 Å². The monoisotopic (exact) mass is 317 g/mol. The quantitative estimate of drug-likeness (QED) is 0.601. The van der Waals surface area contributed by atoms with Crippen LogP contribution in [0.25, 0.3) is 0 Å². The zero-order valence-corrected chi connectivity index (χ0v) is 14.4. The van der Waals surface area contributed by atoms with Gasteiger partial charge in [-0.25, -0.2) is 0 Å². The fraction of sp³-hybridized carbons (Fsp3) is 0.471. The Morgan fingerprint density at radius 2 is 2.05 bits per heavy atom. The molecule has 1 aromatic carbocycles. The summed E-state index contributed by atoms with van der Waals surface area (Å²) in [5.74, 6) is 1.23. The first-order valence-corrected chi connectivity index (χ1v) is 8.69. The molecule has 0 bridgehead atoms. The minimum Gasteiger partial charge on any atom is -0.273 e. The minimum absolute atomic E-state index is 0.0688. The molecule has 2 rings (SSSR count). The lowest BCUT2D eigenvalue weighted by Crippen LogP contribution is -2.30. The van der Waals surface area contributed by atoms with Crippen molar-refractivity contribution < 1.29 is 4.79 Å². The lowest BCUT2D eigenvalue weighted by Gasteiger charge is -2.22. The second-order valence-corrected chi connectivity index (χ2v) is 6.72. The number of nitrogens with zero attached hydrogens (tertiary/aromatic N) is 3. The number of benzene rings is 1. The first-order chi connectivity index (χ1) is 10.5. The molecule has 0 N–H and O–H groups in total. The Bertz CT molecular complexity index is 595. The van der Waals surface area contributed by atoms with Gasteiger partial charge in [-0.3, -0.25) is 9.69 Å². The van der Waals surface area contributed by atoms with Gasteiger partial charge in [-0.15, -0.1) is 5.10 Å². The number of amides is 1. The lowest BCUT2D eigenvalue weighted by atomic mass is 9.96. The second kappa shape index (κ2) is 7.58. The lowest BCUT2D eigenvalue weighted by molar-refractivity contribution is -0.115. The van der Waals surface area contributed by atoms with E-state index in [9.17, 15) is 4.79 Å². The van der Waals surface area contributed by atoms with Crippen molar-refractivity contribution in [3.05, 3.63) is 29.8 Å². The van der Waals surface area contributed by atoms with Crippen LogP contribution in [0, 0.1) is 5.92 Å². The fourth-order valence-corrected chi connectivity index (χ4v) is 3.03. The molecule has 4 nitrogen and oxygen atoms in total. The molecule has 1 saturated heterocycles. The highest BCUT2D eigenvalue weighted by atomic mass is 32.2. The number of anilines is 1. The van der Waals surface area contributed by atoms with Crippen molar-refractivity contribution in [3.63, 3.8) is 0 Å². The second-order valence-electron chi connectivity index (χ2n) is 5.78. The van der Waals surface area contributed by atoms with Crippen LogP contribution in [0.1, 0.15) is 45.6 Å². The van der Waals surface area contributed by atoms with E-state index in [1.165, 1.54) is 17.3 Å². The number of amidine groups is 1. The van der Waals surface area contributed by atoms with Crippen molar-refractivity contribution in [2.24, 2.45) is 16.1 Å². The van der Waals surface area contributed by atoms with E-state index >= 15 is 0 Å². The number of hydrogen-bond donors (Lipinski definition) is 0. The van der Waals surface area contributed by atoms with Gasteiger partial charge in [0.05, 0.1) is 11.4 Å². The maximum atomic E-state index is 12.3. The Morgan fingerprint density at radius 1 is 1.32 bits per heavy atom. The fourth-order valence-electron chi connectivity index (χ4n) is 2.22. The van der Waals surface area contributed by atoms with Crippen LogP contribution in [0.2, 0.25) is 0 Å². The number of para-hydroxylation sites is 1. The van der Waals surface area contributed by atoms with E-state index in [-0.39, 0.29) is 5.91 Å². The number of hydrogen-bond acceptors (Lipinski definition) is 4. The molecule has 0 spiro atoms. The number of rotatable bonds is 5. The highest BCUT2D eigenvalue weighted by Crippen LogP contribution is 2.34. The number of carbonyl (C=O) groups excluding carboxylic acids is 1. The molecule has 1 heterocycles. The summed E-state index contributed by atoms with van der Waals surface area (Å²) in [6.07, 6.45) is 2.82. The topological polar surface area (TPSA) is 45.0 Å². The summed E-state index contributed by atoms with van der Waals surface area (Å²) in [5, 5.41) is 9.02. The van der Waals surface area contributed by atoms with Crippen LogP contribution in [0.4, 0.5) is 5.69 Å². The summed E-state index contributed by atoms with van der Waals surface area (Å²) >= 11 is 1.45. The van der Waals surface area contributed by atoms with Crippen molar-refractivity contribution in [3.8, 4) is 0 Å². The summed E-state index contributed by atoms with van der Waals surface area (Å²) in [7, 11) is 0. The summed E-state index contributed by atoms with van der Waals surface area (Å²) in [6.45, 7) is 8.43. The zero-order valence-electron chi connectivity index (χ0n) is 13.6. The third-order valence-corrected chi connectivity index (χ3v) is 4.51. The van der Waals surface area contributed by atoms with Crippen LogP contribution in [0.5, 0.6) is 0 Å². The Balaban J connectivity index is 2.38. The minimum atomic E-state index is 0.0688. The van der Waals surface area contributed by atoms with Gasteiger partial charge in [-0.1, -0.05) is 57.7 Å². The van der Waals surface area contributed by atoms with E-state index in [0.29, 0.717) is 22.8 Å². The highest BCUT2D eigenvalue weighted by molar-refractivity contribution is 8.15. The molecule has 5 heteroatoms. The van der Waals surface area contributed by atoms with Crippen LogP contribution < -0.4 is 4.90 Å². The molecule has 1 fully saturated rings. The van der Waals surface area contributed by atoms with E-state index in [4.69, 9.17) is 0 Å². The Morgan fingerprint density at radius 3 is 2.73 bits per heavy atom. The Hall–Kier alpha value is -1.62. The molecule has 0 aromatic heterocycles. The van der Waals surface area contributed by atoms with Gasteiger partial charge in [-0.05, 0) is 29.9 Å². The highest BCUT2D eigenvalue weighted by Gasteiger charge is 2.31. The molecule has 0 aliphatic carbocycles. The number of carbonyl (C=O) groups is 1. The standard InChI is InChI=1S/C17H23N3OS/c1-5-13(4)14-8-6-7-9-15(14)20-16(21)11-22-17(20)19-18-10-12(2)3/h6-10,12-13H,5,11H2,1-4H3/b18-10+,19-17-. The van der Waals surface area contributed by atoms with E-state index < -0.39 is 0 Å². The van der Waals surface area contributed by atoms with Gasteiger partial charge in [0.2, 0.25) is 5.91 Å². The summed E-state index contributed by atoms with van der Waals surface area (Å²) in [5.41, 5.74) is 2.12. The molecule has 1 amide bonds. The third-order valence-electron chi connectivity index (χ3n) is 3.59. The Labute approximate surface area is 136 Å². The molecule has 1 atom stereocenters. The summed E-state index contributed by atoms with van der Waals surface area (Å²) < 4.78 is 0. The van der Waals surface area contributed by atoms with Gasteiger partial charge in [0.1, 0.15) is 0 Å². The SMILES string of the molecule is CCC(C)c1ccccc1N1C(=O)CS/C1=N\N=C\C(C)C. The predicted octanol–water partition coefficient (Wildman–Crippen LogP) is 4.28. The first-order valence-electron chi connectivity index (χ1n) is 7.70. The maximum absolute atomic E-state index is 12.3. The van der Waals surface area contributed by atoms with Crippen LogP contribution in [-0.2, 0) is 4.79 Å². The van der Waals surface area contributed by atoms with E-state index in [2.05, 4.69) is 30.1 Å². The number of thioether (sulfide) groups is 1. The smallest absolute Gasteiger partial charge is 0.243 e. The molecule has 0 saturated carbocycles. The van der Waals surface area contributed by atoms with E-state index in [0.717, 1.165) is 12.1 Å². The molecule has 0 radical (unpaired) electrons. The molecule has 22 heavy (non-hydrogen) atoms.